The van der Waals surface area contributed by atoms with Crippen LogP contribution in [0.4, 0.5) is 8.78 Å². The lowest BCUT2D eigenvalue weighted by Crippen LogP contribution is -2.21. The summed E-state index contributed by atoms with van der Waals surface area (Å²) in [5.74, 6) is -2.45. The van der Waals surface area contributed by atoms with Crippen molar-refractivity contribution in [3.8, 4) is 11.5 Å². The van der Waals surface area contributed by atoms with Crippen LogP contribution in [0.1, 0.15) is 24.2 Å². The monoisotopic (exact) mass is 259 g/mol. The quantitative estimate of drug-likeness (QED) is 0.864. The molecule has 0 aromatic heterocycles. The van der Waals surface area contributed by atoms with Crippen LogP contribution >= 0.6 is 0 Å². The van der Waals surface area contributed by atoms with Gasteiger partial charge in [0.25, 0.3) is 5.92 Å². The maximum absolute atomic E-state index is 13.5. The van der Waals surface area contributed by atoms with Gasteiger partial charge >= 0.3 is 0 Å². The van der Waals surface area contributed by atoms with Crippen molar-refractivity contribution in [1.82, 2.24) is 0 Å². The number of ether oxygens (including phenoxy) is 2. The van der Waals surface area contributed by atoms with Crippen LogP contribution in [0.2, 0.25) is 0 Å². The predicted octanol–water partition coefficient (Wildman–Crippen LogP) is 1.56. The molecule has 0 fully saturated rings. The maximum Gasteiger partial charge on any atom is 0.271 e. The summed E-state index contributed by atoms with van der Waals surface area (Å²) in [5, 5.41) is 9.72. The zero-order chi connectivity index (χ0) is 13.3. The highest BCUT2D eigenvalue weighted by molar-refractivity contribution is 5.50. The Labute approximate surface area is 103 Å². The number of nitrogens with two attached hydrogens (primary N) is 1. The molecule has 1 aliphatic rings. The predicted molar refractivity (Wildman–Crippen MR) is 61.0 cm³/mol. The zero-order valence-electron chi connectivity index (χ0n) is 9.95. The highest BCUT2D eigenvalue weighted by Crippen LogP contribution is 2.41. The third-order valence-electron chi connectivity index (χ3n) is 2.77. The van der Waals surface area contributed by atoms with Gasteiger partial charge in [0.1, 0.15) is 13.2 Å². The number of halogens is 2. The molecule has 0 radical (unpaired) electrons. The average Bonchev–Trinajstić information content (AvgIpc) is 2.35. The Bertz CT molecular complexity index is 446. The Kier molecular flexibility index (Phi) is 3.41. The molecule has 1 atom stereocenters. The lowest BCUT2D eigenvalue weighted by atomic mass is 9.97. The molecule has 1 unspecified atom stereocenters. The molecule has 1 aromatic rings. The van der Waals surface area contributed by atoms with E-state index in [1.54, 1.807) is 0 Å². The minimum Gasteiger partial charge on any atom is -0.486 e. The Balaban J connectivity index is 2.54. The molecule has 0 bridgehead atoms. The summed E-state index contributed by atoms with van der Waals surface area (Å²) in [6.45, 7) is 1.31. The van der Waals surface area contributed by atoms with E-state index < -0.39 is 12.0 Å². The Morgan fingerprint density at radius 3 is 2.39 bits per heavy atom. The Morgan fingerprint density at radius 1 is 1.33 bits per heavy atom. The first kappa shape index (κ1) is 13.0. The van der Waals surface area contributed by atoms with Gasteiger partial charge in [-0.25, -0.2) is 8.78 Å². The minimum atomic E-state index is -3.08. The van der Waals surface area contributed by atoms with Crippen molar-refractivity contribution < 1.29 is 23.4 Å². The summed E-state index contributed by atoms with van der Waals surface area (Å²) >= 11 is 0. The van der Waals surface area contributed by atoms with Gasteiger partial charge in [-0.05, 0) is 17.7 Å². The molecule has 0 saturated heterocycles. The molecule has 1 aromatic carbocycles. The fraction of sp³-hybridized carbons (Fsp3) is 0.500. The molecule has 1 heterocycles. The van der Waals surface area contributed by atoms with E-state index in [1.807, 2.05) is 0 Å². The van der Waals surface area contributed by atoms with Gasteiger partial charge in [-0.3, -0.25) is 0 Å². The molecule has 18 heavy (non-hydrogen) atoms. The molecule has 0 aliphatic carbocycles. The smallest absolute Gasteiger partial charge is 0.271 e. The minimum absolute atomic E-state index is 0.0780. The van der Waals surface area contributed by atoms with Crippen LogP contribution in [0.25, 0.3) is 0 Å². The van der Waals surface area contributed by atoms with E-state index in [4.69, 9.17) is 15.2 Å². The Morgan fingerprint density at radius 2 is 1.89 bits per heavy atom. The summed E-state index contributed by atoms with van der Waals surface area (Å²) in [7, 11) is 0. The number of hydrogen-bond donors (Lipinski definition) is 2. The van der Waals surface area contributed by atoms with Crippen molar-refractivity contribution in [2.75, 3.05) is 19.8 Å². The molecule has 0 amide bonds. The second kappa shape index (κ2) is 4.70. The van der Waals surface area contributed by atoms with Gasteiger partial charge in [-0.15, -0.1) is 0 Å². The molecule has 6 heteroatoms. The van der Waals surface area contributed by atoms with Crippen LogP contribution < -0.4 is 15.2 Å². The van der Waals surface area contributed by atoms with Gasteiger partial charge in [0.2, 0.25) is 0 Å². The third-order valence-corrected chi connectivity index (χ3v) is 2.77. The highest BCUT2D eigenvalue weighted by atomic mass is 19.3. The van der Waals surface area contributed by atoms with E-state index in [-0.39, 0.29) is 23.4 Å². The van der Waals surface area contributed by atoms with Crippen LogP contribution in [-0.2, 0) is 5.92 Å². The molecule has 1 aliphatic heterocycles. The fourth-order valence-corrected chi connectivity index (χ4v) is 1.89. The first-order valence-electron chi connectivity index (χ1n) is 5.63. The molecular formula is C12H15F2NO3. The second-order valence-corrected chi connectivity index (χ2v) is 4.22. The van der Waals surface area contributed by atoms with Crippen LogP contribution in [0.15, 0.2) is 12.1 Å². The van der Waals surface area contributed by atoms with Gasteiger partial charge in [0, 0.05) is 19.0 Å². The van der Waals surface area contributed by atoms with E-state index in [0.717, 1.165) is 6.92 Å². The normalized spacial score (nSPS) is 16.5. The number of rotatable bonds is 3. The van der Waals surface area contributed by atoms with Gasteiger partial charge in [0.05, 0.1) is 6.10 Å². The van der Waals surface area contributed by atoms with E-state index in [9.17, 15) is 13.9 Å². The van der Waals surface area contributed by atoms with E-state index >= 15 is 0 Å². The Hall–Kier alpha value is -1.40. The van der Waals surface area contributed by atoms with Crippen molar-refractivity contribution in [3.05, 3.63) is 23.3 Å². The molecule has 100 valence electrons. The largest absolute Gasteiger partial charge is 0.486 e. The summed E-state index contributed by atoms with van der Waals surface area (Å²) in [6, 6.07) is 2.58. The molecule has 0 spiro atoms. The van der Waals surface area contributed by atoms with Crippen LogP contribution in [0.5, 0.6) is 11.5 Å². The van der Waals surface area contributed by atoms with Crippen molar-refractivity contribution >= 4 is 0 Å². The SMILES string of the molecule is CC(F)(F)c1cc2c(cc1C(O)CN)OCCO2. The molecule has 3 N–H and O–H groups in total. The lowest BCUT2D eigenvalue weighted by molar-refractivity contribution is 0.0132. The maximum atomic E-state index is 13.5. The van der Waals surface area contributed by atoms with Gasteiger partial charge in [-0.1, -0.05) is 0 Å². The second-order valence-electron chi connectivity index (χ2n) is 4.22. The van der Waals surface area contributed by atoms with Gasteiger partial charge in [-0.2, -0.15) is 0 Å². The lowest BCUT2D eigenvalue weighted by Gasteiger charge is -2.24. The number of benzene rings is 1. The number of alkyl halides is 2. The van der Waals surface area contributed by atoms with Gasteiger partial charge in [0.15, 0.2) is 11.5 Å². The van der Waals surface area contributed by atoms with Crippen molar-refractivity contribution in [3.63, 3.8) is 0 Å². The van der Waals surface area contributed by atoms with Crippen LogP contribution in [0.3, 0.4) is 0 Å². The van der Waals surface area contributed by atoms with Crippen molar-refractivity contribution in [2.24, 2.45) is 5.73 Å². The number of aliphatic hydroxyl groups is 1. The first-order chi connectivity index (χ1) is 8.43. The molecule has 0 saturated carbocycles. The third kappa shape index (κ3) is 2.39. The molecular weight excluding hydrogens is 244 g/mol. The molecule has 4 nitrogen and oxygen atoms in total. The fourth-order valence-electron chi connectivity index (χ4n) is 1.89. The summed E-state index contributed by atoms with van der Waals surface area (Å²) in [6.07, 6.45) is -1.15. The van der Waals surface area contributed by atoms with Crippen molar-refractivity contribution in [1.29, 1.82) is 0 Å². The van der Waals surface area contributed by atoms with Crippen molar-refractivity contribution in [2.45, 2.75) is 19.0 Å². The van der Waals surface area contributed by atoms with E-state index in [1.165, 1.54) is 12.1 Å². The summed E-state index contributed by atoms with van der Waals surface area (Å²) in [5.41, 5.74) is 5.12. The average molecular weight is 259 g/mol. The van der Waals surface area contributed by atoms with Gasteiger partial charge < -0.3 is 20.3 Å². The standard InChI is InChI=1S/C12H15F2NO3/c1-12(13,14)8-5-11-10(17-2-3-18-11)4-7(8)9(16)6-15/h4-5,9,16H,2-3,6,15H2,1H3. The summed E-state index contributed by atoms with van der Waals surface area (Å²) in [4.78, 5) is 0. The highest BCUT2D eigenvalue weighted by Gasteiger charge is 2.32. The van der Waals surface area contributed by atoms with E-state index in [0.29, 0.717) is 19.0 Å². The van der Waals surface area contributed by atoms with Crippen LogP contribution in [0, 0.1) is 0 Å². The number of fused-ring (bicyclic) bond motifs is 1. The van der Waals surface area contributed by atoms with E-state index in [2.05, 4.69) is 0 Å². The number of aliphatic hydroxyl groups excluding tert-OH is 1. The number of hydrogen-bond acceptors (Lipinski definition) is 4. The molecule has 2 rings (SSSR count). The zero-order valence-corrected chi connectivity index (χ0v) is 9.95. The topological polar surface area (TPSA) is 64.7 Å². The van der Waals surface area contributed by atoms with Crippen LogP contribution in [-0.4, -0.2) is 24.9 Å². The summed E-state index contributed by atoms with van der Waals surface area (Å²) < 4.78 is 37.6. The first-order valence-corrected chi connectivity index (χ1v) is 5.63.